The Bertz CT molecular complexity index is 2370. The van der Waals surface area contributed by atoms with E-state index in [9.17, 15) is 0 Å². The summed E-state index contributed by atoms with van der Waals surface area (Å²) in [4.78, 5) is 9.18. The molecule has 0 saturated carbocycles. The molecule has 0 aliphatic rings. The van der Waals surface area contributed by atoms with Crippen LogP contribution < -0.4 is 5.19 Å². The number of nitrogens with zero attached hydrogens (tertiary/aromatic N) is 2. The summed E-state index contributed by atoms with van der Waals surface area (Å²) < 4.78 is 10.9. The van der Waals surface area contributed by atoms with E-state index in [2.05, 4.69) is 108 Å². The maximum absolute atomic E-state index is 8.43. The molecule has 0 fully saturated rings. The van der Waals surface area contributed by atoms with Gasteiger partial charge < -0.3 is 9.97 Å². The molecule has 1 radical (unpaired) electrons. The molecular weight excluding hydrogens is 785 g/mol. The Kier molecular flexibility index (Phi) is 9.16. The van der Waals surface area contributed by atoms with E-state index in [-0.39, 0.29) is 20.1 Å². The zero-order chi connectivity index (χ0) is 32.8. The minimum absolute atomic E-state index is 0. The molecule has 8 aromatic rings. The van der Waals surface area contributed by atoms with E-state index < -0.39 is 14.0 Å². The van der Waals surface area contributed by atoms with Crippen molar-refractivity contribution in [1.29, 1.82) is 0 Å². The van der Waals surface area contributed by atoms with Crippen LogP contribution in [0, 0.1) is 12.1 Å². The van der Waals surface area contributed by atoms with Crippen LogP contribution in [0.1, 0.15) is 26.7 Å². The fourth-order valence-electron chi connectivity index (χ4n) is 5.99. The smallest absolute Gasteiger partial charge is 0.0795 e. The van der Waals surface area contributed by atoms with Gasteiger partial charge in [-0.15, -0.1) is 59.7 Å². The number of thiophene rings is 1. The largest absolute Gasteiger partial charge is 0.305 e. The van der Waals surface area contributed by atoms with Crippen LogP contribution in [0.4, 0.5) is 0 Å². The van der Waals surface area contributed by atoms with Gasteiger partial charge in [-0.1, -0.05) is 111 Å². The van der Waals surface area contributed by atoms with E-state index >= 15 is 0 Å². The van der Waals surface area contributed by atoms with Crippen molar-refractivity contribution in [1.82, 2.24) is 9.97 Å². The topological polar surface area (TPSA) is 25.8 Å². The first-order valence-electron chi connectivity index (χ1n) is 16.2. The first-order valence-corrected chi connectivity index (χ1v) is 20.0. The van der Waals surface area contributed by atoms with Gasteiger partial charge in [0.25, 0.3) is 0 Å². The molecule has 0 bridgehead atoms. The van der Waals surface area contributed by atoms with Crippen molar-refractivity contribution < 1.29 is 21.5 Å². The van der Waals surface area contributed by atoms with E-state index in [1.807, 2.05) is 80.0 Å². The molecule has 2 nitrogen and oxygen atoms in total. The maximum atomic E-state index is 8.43. The summed E-state index contributed by atoms with van der Waals surface area (Å²) in [5.41, 5.74) is 4.91. The summed E-state index contributed by atoms with van der Waals surface area (Å²) in [6.45, 7) is 10.8. The van der Waals surface area contributed by atoms with Crippen LogP contribution in [0.5, 0.6) is 0 Å². The minimum atomic E-state index is -1.23. The summed E-state index contributed by atoms with van der Waals surface area (Å²) >= 11 is 1.82. The Labute approximate surface area is 297 Å². The zero-order valence-electron chi connectivity index (χ0n) is 28.2. The molecular formula is C42H36IrN2SSi-2. The number of rotatable bonds is 4. The van der Waals surface area contributed by atoms with Crippen LogP contribution in [0.3, 0.4) is 0 Å². The minimum Gasteiger partial charge on any atom is -0.305 e. The third-order valence-corrected chi connectivity index (χ3v) is 11.8. The predicted molar refractivity (Wildman–Crippen MR) is 202 cm³/mol. The molecule has 47 heavy (non-hydrogen) atoms. The molecule has 0 N–H and O–H groups in total. The summed E-state index contributed by atoms with van der Waals surface area (Å²) in [5, 5.41) is 9.10. The monoisotopic (exact) mass is 822 g/mol. The predicted octanol–water partition coefficient (Wildman–Crippen LogP) is 11.4. The Morgan fingerprint density at radius 2 is 1.38 bits per heavy atom. The van der Waals surface area contributed by atoms with Gasteiger partial charge in [0.1, 0.15) is 0 Å². The molecule has 8 rings (SSSR count). The van der Waals surface area contributed by atoms with Crippen LogP contribution in [-0.2, 0) is 20.1 Å². The van der Waals surface area contributed by atoms with E-state index in [1.54, 1.807) is 0 Å². The molecule has 0 unspecified atom stereocenters. The van der Waals surface area contributed by atoms with Crippen LogP contribution in [0.25, 0.3) is 64.2 Å². The number of fused-ring (bicyclic) bond motifs is 8. The average Bonchev–Trinajstić information content (AvgIpc) is 3.49. The second kappa shape index (κ2) is 13.6. The van der Waals surface area contributed by atoms with Gasteiger partial charge >= 0.3 is 0 Å². The second-order valence-electron chi connectivity index (χ2n) is 12.9. The molecule has 0 atom stereocenters. The van der Waals surface area contributed by atoms with Gasteiger partial charge in [0.2, 0.25) is 0 Å². The van der Waals surface area contributed by atoms with Crippen LogP contribution in [0.2, 0.25) is 19.6 Å². The molecule has 235 valence electrons. The number of aromatic nitrogens is 2. The first-order chi connectivity index (χ1) is 22.6. The zero-order valence-corrected chi connectivity index (χ0v) is 31.4. The molecule has 5 aromatic carbocycles. The van der Waals surface area contributed by atoms with E-state index in [4.69, 9.17) is 1.37 Å². The van der Waals surface area contributed by atoms with Crippen LogP contribution >= 0.6 is 11.3 Å². The van der Waals surface area contributed by atoms with Crippen molar-refractivity contribution in [3.05, 3.63) is 139 Å². The Morgan fingerprint density at radius 1 is 0.681 bits per heavy atom. The van der Waals surface area contributed by atoms with Crippen molar-refractivity contribution >= 4 is 66.3 Å². The quantitative estimate of drug-likeness (QED) is 0.100. The van der Waals surface area contributed by atoms with Gasteiger partial charge in [-0.25, -0.2) is 0 Å². The number of hydrogen-bond donors (Lipinski definition) is 0. The first kappa shape index (κ1) is 31.6. The molecule has 3 heterocycles. The molecule has 0 spiro atoms. The van der Waals surface area contributed by atoms with Crippen LogP contribution in [0.15, 0.2) is 122 Å². The summed E-state index contributed by atoms with van der Waals surface area (Å²) in [6.07, 6.45) is 3.83. The van der Waals surface area contributed by atoms with Gasteiger partial charge in [-0.2, -0.15) is 11.3 Å². The number of hydrogen-bond acceptors (Lipinski definition) is 3. The standard InChI is InChI=1S/C28H20NS.C14H16NSi.Ir/c1-17(2)18-14-15-29-25(16-18)23-12-7-13-24-26-21-10-5-3-8-19(21)20-9-4-6-11-22(20)28(26)30-27(23)24;1-16(2,3)13-9-10-14(15-11-13)12-7-5-4-6-8-12;/h3-11,13-17H,1-2H3;4-7,9-11H,1-3H3;/q2*-1;/i17D;;. The van der Waals surface area contributed by atoms with Gasteiger partial charge in [-0.3, -0.25) is 0 Å². The van der Waals surface area contributed by atoms with Gasteiger partial charge in [-0.05, 0) is 60.2 Å². The second-order valence-corrected chi connectivity index (χ2v) is 19.0. The van der Waals surface area contributed by atoms with Crippen molar-refractivity contribution in [2.24, 2.45) is 0 Å². The van der Waals surface area contributed by atoms with Crippen LogP contribution in [-0.4, -0.2) is 18.0 Å². The summed E-state index contributed by atoms with van der Waals surface area (Å²) in [5.74, 6) is -0.668. The molecule has 0 aliphatic carbocycles. The van der Waals surface area contributed by atoms with E-state index in [0.29, 0.717) is 0 Å². The molecule has 0 amide bonds. The third kappa shape index (κ3) is 6.46. The fraction of sp³-hybridized carbons (Fsp3) is 0.143. The number of pyridine rings is 2. The summed E-state index contributed by atoms with van der Waals surface area (Å²) in [6, 6.07) is 44.4. The fourth-order valence-corrected chi connectivity index (χ4v) is 8.38. The summed E-state index contributed by atoms with van der Waals surface area (Å²) in [7, 11) is -1.23. The number of benzene rings is 5. The van der Waals surface area contributed by atoms with Crippen molar-refractivity contribution in [2.75, 3.05) is 0 Å². The van der Waals surface area contributed by atoms with Crippen molar-refractivity contribution in [3.63, 3.8) is 0 Å². The van der Waals surface area contributed by atoms with Gasteiger partial charge in [0.15, 0.2) is 0 Å². The van der Waals surface area contributed by atoms with E-state index in [0.717, 1.165) is 28.1 Å². The van der Waals surface area contributed by atoms with E-state index in [1.165, 1.54) is 46.9 Å². The molecule has 5 heteroatoms. The van der Waals surface area contributed by atoms with Gasteiger partial charge in [0.05, 0.1) is 8.07 Å². The maximum Gasteiger partial charge on any atom is 0.0795 e. The van der Waals surface area contributed by atoms with Crippen molar-refractivity contribution in [3.8, 4) is 22.5 Å². The molecule has 0 saturated heterocycles. The van der Waals surface area contributed by atoms with Gasteiger partial charge in [0, 0.05) is 38.6 Å². The SMILES string of the molecule is C[Si](C)(C)c1ccc(-c2[c-]cccc2)nc1.[2H]C(C)(C)c1ccnc(-c2[c-]ccc3c2sc2c4ccccc4c4ccccc4c32)c1.[Ir]. The normalized spacial score (nSPS) is 12.1. The molecule has 0 aliphatic heterocycles. The Hall–Kier alpha value is -3.99. The Balaban J connectivity index is 0.000000201. The average molecular weight is 822 g/mol. The molecule has 3 aromatic heterocycles. The Morgan fingerprint density at radius 3 is 2.04 bits per heavy atom. The van der Waals surface area contributed by atoms with Crippen molar-refractivity contribution in [2.45, 2.75) is 39.4 Å². The third-order valence-electron chi connectivity index (χ3n) is 8.52.